The highest BCUT2D eigenvalue weighted by atomic mass is 32.2. The van der Waals surface area contributed by atoms with Crippen LogP contribution in [0.2, 0.25) is 0 Å². The number of fused-ring (bicyclic) bond motifs is 2. The van der Waals surface area contributed by atoms with Crippen molar-refractivity contribution in [2.45, 2.75) is 30.9 Å². The Hall–Kier alpha value is 0.660. The highest BCUT2D eigenvalue weighted by molar-refractivity contribution is 8.06. The van der Waals surface area contributed by atoms with Crippen LogP contribution in [0.3, 0.4) is 0 Å². The van der Waals surface area contributed by atoms with Crippen LogP contribution in [0, 0.1) is 17.8 Å². The Balaban J connectivity index is 1.34. The molecular formula is C13H23NS2. The van der Waals surface area contributed by atoms with E-state index in [0.717, 1.165) is 23.0 Å². The third-order valence-corrected chi connectivity index (χ3v) is 7.39. The van der Waals surface area contributed by atoms with Crippen molar-refractivity contribution in [1.29, 1.82) is 0 Å². The highest BCUT2D eigenvalue weighted by Gasteiger charge is 2.38. The van der Waals surface area contributed by atoms with Gasteiger partial charge in [0.05, 0.1) is 0 Å². The number of hydrogen-bond donors (Lipinski definition) is 1. The van der Waals surface area contributed by atoms with Crippen molar-refractivity contribution in [2.75, 3.05) is 30.3 Å². The average molecular weight is 257 g/mol. The van der Waals surface area contributed by atoms with Gasteiger partial charge in [-0.05, 0) is 43.6 Å². The summed E-state index contributed by atoms with van der Waals surface area (Å²) >= 11 is 4.31. The standard InChI is InChI=1S/C13H23NS2/c1-2-11-5-10(1)6-12(11)7-14-8-13-9-15-3-4-16-13/h10-14H,1-9H2. The zero-order valence-corrected chi connectivity index (χ0v) is 11.6. The van der Waals surface area contributed by atoms with Crippen LogP contribution in [-0.2, 0) is 0 Å². The second-order valence-electron chi connectivity index (χ2n) is 5.66. The molecule has 16 heavy (non-hydrogen) atoms. The van der Waals surface area contributed by atoms with Crippen molar-refractivity contribution >= 4 is 23.5 Å². The van der Waals surface area contributed by atoms with Crippen molar-refractivity contribution in [2.24, 2.45) is 17.8 Å². The summed E-state index contributed by atoms with van der Waals surface area (Å²) in [5, 5.41) is 4.63. The second-order valence-corrected chi connectivity index (χ2v) is 8.22. The molecule has 2 aliphatic carbocycles. The molecule has 3 aliphatic rings. The molecule has 1 aliphatic heterocycles. The van der Waals surface area contributed by atoms with E-state index in [4.69, 9.17) is 0 Å². The third-order valence-electron chi connectivity index (χ3n) is 4.55. The molecule has 1 heterocycles. The van der Waals surface area contributed by atoms with Gasteiger partial charge < -0.3 is 5.32 Å². The van der Waals surface area contributed by atoms with Crippen molar-refractivity contribution in [3.05, 3.63) is 0 Å². The zero-order chi connectivity index (χ0) is 10.8. The molecule has 92 valence electrons. The average Bonchev–Trinajstić information content (AvgIpc) is 2.92. The van der Waals surface area contributed by atoms with Gasteiger partial charge in [0.25, 0.3) is 0 Å². The lowest BCUT2D eigenvalue weighted by Gasteiger charge is -2.25. The Morgan fingerprint density at radius 2 is 2.06 bits per heavy atom. The Bertz CT molecular complexity index is 228. The molecule has 3 rings (SSSR count). The number of hydrogen-bond acceptors (Lipinski definition) is 3. The predicted octanol–water partition coefficient (Wildman–Crippen LogP) is 2.86. The number of thioether (sulfide) groups is 2. The smallest absolute Gasteiger partial charge is 0.0263 e. The molecule has 0 aromatic heterocycles. The van der Waals surface area contributed by atoms with Gasteiger partial charge in [-0.2, -0.15) is 23.5 Å². The van der Waals surface area contributed by atoms with Gasteiger partial charge >= 0.3 is 0 Å². The van der Waals surface area contributed by atoms with Crippen LogP contribution >= 0.6 is 23.5 Å². The lowest BCUT2D eigenvalue weighted by molar-refractivity contribution is 0.320. The third kappa shape index (κ3) is 2.73. The quantitative estimate of drug-likeness (QED) is 0.832. The van der Waals surface area contributed by atoms with E-state index in [2.05, 4.69) is 28.8 Å². The van der Waals surface area contributed by atoms with E-state index in [1.54, 1.807) is 6.42 Å². The van der Waals surface area contributed by atoms with E-state index in [1.165, 1.54) is 49.6 Å². The van der Waals surface area contributed by atoms with Gasteiger partial charge in [-0.15, -0.1) is 0 Å². The topological polar surface area (TPSA) is 12.0 Å². The van der Waals surface area contributed by atoms with Crippen molar-refractivity contribution < 1.29 is 0 Å². The fourth-order valence-corrected chi connectivity index (χ4v) is 6.36. The van der Waals surface area contributed by atoms with Crippen molar-refractivity contribution in [3.63, 3.8) is 0 Å². The highest BCUT2D eigenvalue weighted by Crippen LogP contribution is 2.47. The molecule has 1 N–H and O–H groups in total. The predicted molar refractivity (Wildman–Crippen MR) is 75.4 cm³/mol. The van der Waals surface area contributed by atoms with E-state index in [9.17, 15) is 0 Å². The Labute approximate surface area is 108 Å². The molecule has 0 amide bonds. The van der Waals surface area contributed by atoms with Crippen LogP contribution < -0.4 is 5.32 Å². The van der Waals surface area contributed by atoms with Gasteiger partial charge in [0.2, 0.25) is 0 Å². The van der Waals surface area contributed by atoms with E-state index in [-0.39, 0.29) is 0 Å². The zero-order valence-electron chi connectivity index (χ0n) is 9.99. The first-order chi connectivity index (χ1) is 7.92. The van der Waals surface area contributed by atoms with Crippen molar-refractivity contribution in [1.82, 2.24) is 5.32 Å². The number of nitrogens with one attached hydrogen (secondary N) is 1. The van der Waals surface area contributed by atoms with E-state index in [0.29, 0.717) is 0 Å². The fraction of sp³-hybridized carbons (Fsp3) is 1.00. The maximum absolute atomic E-state index is 3.75. The Kier molecular flexibility index (Phi) is 4.06. The van der Waals surface area contributed by atoms with Crippen LogP contribution in [0.25, 0.3) is 0 Å². The van der Waals surface area contributed by atoms with Crippen LogP contribution in [0.4, 0.5) is 0 Å². The SMILES string of the molecule is C1CSC(CNCC2CC3CCC2C3)CS1. The molecule has 3 heteroatoms. The molecular weight excluding hydrogens is 234 g/mol. The first kappa shape index (κ1) is 11.7. The molecule has 0 aromatic carbocycles. The summed E-state index contributed by atoms with van der Waals surface area (Å²) in [6, 6.07) is 0. The molecule has 4 atom stereocenters. The van der Waals surface area contributed by atoms with Gasteiger partial charge in [0.1, 0.15) is 0 Å². The minimum absolute atomic E-state index is 0.886. The molecule has 3 fully saturated rings. The van der Waals surface area contributed by atoms with Gasteiger partial charge in [0.15, 0.2) is 0 Å². The van der Waals surface area contributed by atoms with Gasteiger partial charge in [0, 0.05) is 29.1 Å². The van der Waals surface area contributed by atoms with Crippen LogP contribution in [0.15, 0.2) is 0 Å². The van der Waals surface area contributed by atoms with Crippen molar-refractivity contribution in [3.8, 4) is 0 Å². The summed E-state index contributed by atoms with van der Waals surface area (Å²) in [5.74, 6) is 7.33. The maximum atomic E-state index is 3.75. The lowest BCUT2D eigenvalue weighted by Crippen LogP contribution is -2.33. The molecule has 2 bridgehead atoms. The molecule has 2 saturated carbocycles. The minimum Gasteiger partial charge on any atom is -0.315 e. The molecule has 1 saturated heterocycles. The van der Waals surface area contributed by atoms with Gasteiger partial charge in [-0.1, -0.05) is 6.42 Å². The minimum atomic E-state index is 0.886. The number of rotatable bonds is 4. The van der Waals surface area contributed by atoms with Crippen LogP contribution in [0.5, 0.6) is 0 Å². The van der Waals surface area contributed by atoms with Crippen LogP contribution in [0.1, 0.15) is 25.7 Å². The van der Waals surface area contributed by atoms with Crippen LogP contribution in [-0.4, -0.2) is 35.6 Å². The summed E-state index contributed by atoms with van der Waals surface area (Å²) in [4.78, 5) is 0. The molecule has 0 aromatic rings. The first-order valence-electron chi connectivity index (χ1n) is 6.82. The monoisotopic (exact) mass is 257 g/mol. The molecule has 0 radical (unpaired) electrons. The van der Waals surface area contributed by atoms with Gasteiger partial charge in [-0.3, -0.25) is 0 Å². The molecule has 1 nitrogen and oxygen atoms in total. The maximum Gasteiger partial charge on any atom is 0.0263 e. The molecule has 0 spiro atoms. The lowest BCUT2D eigenvalue weighted by atomic mass is 9.89. The van der Waals surface area contributed by atoms with Gasteiger partial charge in [-0.25, -0.2) is 0 Å². The summed E-state index contributed by atoms with van der Waals surface area (Å²) in [7, 11) is 0. The summed E-state index contributed by atoms with van der Waals surface area (Å²) in [6.07, 6.45) is 6.16. The fourth-order valence-electron chi connectivity index (χ4n) is 3.71. The summed E-state index contributed by atoms with van der Waals surface area (Å²) in [6.45, 7) is 2.56. The first-order valence-corrected chi connectivity index (χ1v) is 9.02. The Morgan fingerprint density at radius 3 is 2.75 bits per heavy atom. The van der Waals surface area contributed by atoms with E-state index < -0.39 is 0 Å². The molecule has 4 unspecified atom stereocenters. The Morgan fingerprint density at radius 1 is 1.06 bits per heavy atom. The normalized spacial score (nSPS) is 42.8. The largest absolute Gasteiger partial charge is 0.315 e. The summed E-state index contributed by atoms with van der Waals surface area (Å²) < 4.78 is 0. The summed E-state index contributed by atoms with van der Waals surface area (Å²) in [5.41, 5.74) is 0. The van der Waals surface area contributed by atoms with E-state index >= 15 is 0 Å². The second kappa shape index (κ2) is 5.53. The van der Waals surface area contributed by atoms with E-state index in [1.807, 2.05) is 0 Å².